The SMILES string of the molecule is CNC(C)C(=O)Nc1ccc(SC2CCCC2)cc1. The van der Waals surface area contributed by atoms with Crippen molar-refractivity contribution in [3.63, 3.8) is 0 Å². The molecule has 1 aromatic rings. The molecule has 0 saturated heterocycles. The first-order chi connectivity index (χ1) is 9.19. The van der Waals surface area contributed by atoms with Crippen molar-refractivity contribution >= 4 is 23.4 Å². The van der Waals surface area contributed by atoms with E-state index in [2.05, 4.69) is 22.8 Å². The summed E-state index contributed by atoms with van der Waals surface area (Å²) in [6, 6.07) is 7.99. The third-order valence-electron chi connectivity index (χ3n) is 3.55. The molecule has 19 heavy (non-hydrogen) atoms. The Balaban J connectivity index is 1.88. The molecule has 0 bridgehead atoms. The van der Waals surface area contributed by atoms with Gasteiger partial charge in [-0.2, -0.15) is 0 Å². The summed E-state index contributed by atoms with van der Waals surface area (Å²) in [5.74, 6) is -0.00121. The fourth-order valence-corrected chi connectivity index (χ4v) is 3.44. The number of carbonyl (C=O) groups excluding carboxylic acids is 1. The second kappa shape index (κ2) is 6.96. The highest BCUT2D eigenvalue weighted by Crippen LogP contribution is 2.34. The van der Waals surface area contributed by atoms with Crippen molar-refractivity contribution in [1.82, 2.24) is 5.32 Å². The zero-order valence-corrected chi connectivity index (χ0v) is 12.4. The van der Waals surface area contributed by atoms with Gasteiger partial charge in [-0.25, -0.2) is 0 Å². The summed E-state index contributed by atoms with van der Waals surface area (Å²) >= 11 is 1.96. The molecule has 1 aliphatic rings. The van der Waals surface area contributed by atoms with Crippen LogP contribution >= 0.6 is 11.8 Å². The molecule has 1 aliphatic carbocycles. The quantitative estimate of drug-likeness (QED) is 0.868. The van der Waals surface area contributed by atoms with E-state index in [9.17, 15) is 4.79 Å². The first-order valence-corrected chi connectivity index (χ1v) is 7.82. The number of nitrogens with one attached hydrogen (secondary N) is 2. The number of thioether (sulfide) groups is 1. The average Bonchev–Trinajstić information content (AvgIpc) is 2.93. The molecule has 1 aromatic carbocycles. The zero-order valence-electron chi connectivity index (χ0n) is 11.6. The van der Waals surface area contributed by atoms with Crippen molar-refractivity contribution in [2.24, 2.45) is 0 Å². The first-order valence-electron chi connectivity index (χ1n) is 6.94. The summed E-state index contributed by atoms with van der Waals surface area (Å²) in [5.41, 5.74) is 0.864. The summed E-state index contributed by atoms with van der Waals surface area (Å²) in [4.78, 5) is 13.0. The third kappa shape index (κ3) is 4.25. The van der Waals surface area contributed by atoms with Crippen molar-refractivity contribution in [2.75, 3.05) is 12.4 Å². The summed E-state index contributed by atoms with van der Waals surface area (Å²) in [6.45, 7) is 1.85. The lowest BCUT2D eigenvalue weighted by atomic mass is 10.3. The second-order valence-corrected chi connectivity index (χ2v) is 6.42. The van der Waals surface area contributed by atoms with E-state index in [4.69, 9.17) is 0 Å². The number of anilines is 1. The lowest BCUT2D eigenvalue weighted by molar-refractivity contribution is -0.117. The molecule has 1 saturated carbocycles. The minimum atomic E-state index is -0.174. The Morgan fingerprint density at radius 3 is 2.47 bits per heavy atom. The van der Waals surface area contributed by atoms with Crippen LogP contribution in [0.4, 0.5) is 5.69 Å². The third-order valence-corrected chi connectivity index (χ3v) is 4.90. The molecule has 0 aromatic heterocycles. The van der Waals surface area contributed by atoms with Crippen molar-refractivity contribution < 1.29 is 4.79 Å². The molecule has 2 rings (SSSR count). The Morgan fingerprint density at radius 2 is 1.89 bits per heavy atom. The van der Waals surface area contributed by atoms with Crippen LogP contribution in [0.15, 0.2) is 29.2 Å². The largest absolute Gasteiger partial charge is 0.325 e. The first kappa shape index (κ1) is 14.4. The Kier molecular flexibility index (Phi) is 5.28. The number of benzene rings is 1. The number of amides is 1. The normalized spacial score (nSPS) is 17.4. The highest BCUT2D eigenvalue weighted by atomic mass is 32.2. The molecule has 0 heterocycles. The van der Waals surface area contributed by atoms with Gasteiger partial charge < -0.3 is 10.6 Å². The molecular weight excluding hydrogens is 256 g/mol. The number of rotatable bonds is 5. The van der Waals surface area contributed by atoms with Gasteiger partial charge in [0.15, 0.2) is 0 Å². The molecule has 0 radical (unpaired) electrons. The predicted molar refractivity (Wildman–Crippen MR) is 81.7 cm³/mol. The van der Waals surface area contributed by atoms with E-state index in [0.717, 1.165) is 10.9 Å². The highest BCUT2D eigenvalue weighted by Gasteiger charge is 2.16. The fraction of sp³-hybridized carbons (Fsp3) is 0.533. The Labute approximate surface area is 119 Å². The Morgan fingerprint density at radius 1 is 1.26 bits per heavy atom. The molecule has 1 fully saturated rings. The van der Waals surface area contributed by atoms with E-state index in [1.54, 1.807) is 7.05 Å². The minimum absolute atomic E-state index is 0.00121. The molecule has 3 nitrogen and oxygen atoms in total. The van der Waals surface area contributed by atoms with E-state index >= 15 is 0 Å². The van der Waals surface area contributed by atoms with E-state index < -0.39 is 0 Å². The smallest absolute Gasteiger partial charge is 0.241 e. The monoisotopic (exact) mass is 278 g/mol. The summed E-state index contributed by atoms with van der Waals surface area (Å²) in [5, 5.41) is 6.61. The molecule has 0 spiro atoms. The number of carbonyl (C=O) groups is 1. The lowest BCUT2D eigenvalue weighted by Gasteiger charge is -2.12. The molecule has 1 amide bonds. The van der Waals surface area contributed by atoms with E-state index in [1.807, 2.05) is 30.8 Å². The summed E-state index contributed by atoms with van der Waals surface area (Å²) in [7, 11) is 1.78. The van der Waals surface area contributed by atoms with E-state index in [-0.39, 0.29) is 11.9 Å². The lowest BCUT2D eigenvalue weighted by Crippen LogP contribution is -2.35. The fourth-order valence-electron chi connectivity index (χ4n) is 2.20. The molecular formula is C15H22N2OS. The van der Waals surface area contributed by atoms with Crippen LogP contribution < -0.4 is 10.6 Å². The predicted octanol–water partition coefficient (Wildman–Crippen LogP) is 3.27. The summed E-state index contributed by atoms with van der Waals surface area (Å²) in [6.07, 6.45) is 5.41. The van der Waals surface area contributed by atoms with Gasteiger partial charge in [-0.3, -0.25) is 4.79 Å². The van der Waals surface area contributed by atoms with Crippen LogP contribution in [0.1, 0.15) is 32.6 Å². The van der Waals surface area contributed by atoms with Crippen LogP contribution in [0, 0.1) is 0 Å². The van der Waals surface area contributed by atoms with E-state index in [1.165, 1.54) is 30.6 Å². The van der Waals surface area contributed by atoms with Crippen LogP contribution in [0.5, 0.6) is 0 Å². The van der Waals surface area contributed by atoms with Crippen molar-refractivity contribution in [2.45, 2.75) is 48.8 Å². The maximum atomic E-state index is 11.7. The van der Waals surface area contributed by atoms with Gasteiger partial charge in [-0.15, -0.1) is 11.8 Å². The molecule has 4 heteroatoms. The zero-order chi connectivity index (χ0) is 13.7. The van der Waals surface area contributed by atoms with E-state index in [0.29, 0.717) is 0 Å². The van der Waals surface area contributed by atoms with Crippen LogP contribution in [0.3, 0.4) is 0 Å². The van der Waals surface area contributed by atoms with Crippen molar-refractivity contribution in [1.29, 1.82) is 0 Å². The molecule has 104 valence electrons. The van der Waals surface area contributed by atoms with Gasteiger partial charge >= 0.3 is 0 Å². The number of likely N-dealkylation sites (N-methyl/N-ethyl adjacent to an activating group) is 1. The Bertz CT molecular complexity index is 413. The summed E-state index contributed by atoms with van der Waals surface area (Å²) < 4.78 is 0. The number of hydrogen-bond donors (Lipinski definition) is 2. The molecule has 0 aliphatic heterocycles. The van der Waals surface area contributed by atoms with Crippen molar-refractivity contribution in [3.05, 3.63) is 24.3 Å². The Hall–Kier alpha value is -1.00. The number of hydrogen-bond acceptors (Lipinski definition) is 3. The van der Waals surface area contributed by atoms with Gasteiger partial charge in [0.05, 0.1) is 6.04 Å². The van der Waals surface area contributed by atoms with Crippen LogP contribution in [-0.4, -0.2) is 24.2 Å². The van der Waals surface area contributed by atoms with Crippen LogP contribution in [-0.2, 0) is 4.79 Å². The molecule has 2 N–H and O–H groups in total. The van der Waals surface area contributed by atoms with Crippen LogP contribution in [0.2, 0.25) is 0 Å². The topological polar surface area (TPSA) is 41.1 Å². The van der Waals surface area contributed by atoms with Gasteiger partial charge in [-0.05, 0) is 51.1 Å². The van der Waals surface area contributed by atoms with Gasteiger partial charge in [0.1, 0.15) is 0 Å². The van der Waals surface area contributed by atoms with Gasteiger partial charge in [-0.1, -0.05) is 12.8 Å². The highest BCUT2D eigenvalue weighted by molar-refractivity contribution is 8.00. The minimum Gasteiger partial charge on any atom is -0.325 e. The maximum Gasteiger partial charge on any atom is 0.241 e. The van der Waals surface area contributed by atoms with Crippen molar-refractivity contribution in [3.8, 4) is 0 Å². The van der Waals surface area contributed by atoms with Gasteiger partial charge in [0, 0.05) is 15.8 Å². The van der Waals surface area contributed by atoms with Gasteiger partial charge in [0.2, 0.25) is 5.91 Å². The maximum absolute atomic E-state index is 11.7. The second-order valence-electron chi connectivity index (χ2n) is 5.05. The van der Waals surface area contributed by atoms with Gasteiger partial charge in [0.25, 0.3) is 0 Å². The molecule has 1 unspecified atom stereocenters. The van der Waals surface area contributed by atoms with Crippen LogP contribution in [0.25, 0.3) is 0 Å². The average molecular weight is 278 g/mol. The molecule has 1 atom stereocenters. The standard InChI is InChI=1S/C15H22N2OS/c1-11(16-2)15(18)17-12-7-9-14(10-8-12)19-13-5-3-4-6-13/h7-11,13,16H,3-6H2,1-2H3,(H,17,18).